The molecule has 3 rings (SSSR count). The Kier molecular flexibility index (Phi) is 5.20. The fourth-order valence-corrected chi connectivity index (χ4v) is 4.58. The molecule has 25 heavy (non-hydrogen) atoms. The van der Waals surface area contributed by atoms with Crippen molar-refractivity contribution in [3.8, 4) is 0 Å². The molecule has 0 aromatic heterocycles. The minimum Gasteiger partial charge on any atom is -0.322 e. The molecular weight excluding hydrogens is 336 g/mol. The average molecular weight is 358 g/mol. The SMILES string of the molecule is CCc1ccccc1NC(=O)c1cccc(S(=O)(=O)N2CCCC2)c1. The third kappa shape index (κ3) is 3.75. The number of para-hydroxylation sites is 1. The fraction of sp³-hybridized carbons (Fsp3) is 0.316. The molecule has 0 radical (unpaired) electrons. The second-order valence-electron chi connectivity index (χ2n) is 6.10. The van der Waals surface area contributed by atoms with Crippen LogP contribution in [-0.2, 0) is 16.4 Å². The van der Waals surface area contributed by atoms with Gasteiger partial charge in [0.05, 0.1) is 4.90 Å². The first-order valence-corrected chi connectivity index (χ1v) is 9.96. The van der Waals surface area contributed by atoms with E-state index in [0.717, 1.165) is 30.5 Å². The molecule has 1 fully saturated rings. The topological polar surface area (TPSA) is 66.5 Å². The highest BCUT2D eigenvalue weighted by Crippen LogP contribution is 2.22. The van der Waals surface area contributed by atoms with Crippen LogP contribution >= 0.6 is 0 Å². The van der Waals surface area contributed by atoms with Crippen LogP contribution in [0.1, 0.15) is 35.7 Å². The first-order valence-electron chi connectivity index (χ1n) is 8.52. The monoisotopic (exact) mass is 358 g/mol. The van der Waals surface area contributed by atoms with Gasteiger partial charge in [0.2, 0.25) is 10.0 Å². The van der Waals surface area contributed by atoms with Gasteiger partial charge in [-0.05, 0) is 49.1 Å². The quantitative estimate of drug-likeness (QED) is 0.892. The number of carbonyl (C=O) groups excluding carboxylic acids is 1. The smallest absolute Gasteiger partial charge is 0.255 e. The van der Waals surface area contributed by atoms with E-state index in [1.807, 2.05) is 31.2 Å². The van der Waals surface area contributed by atoms with E-state index in [-0.39, 0.29) is 10.8 Å². The summed E-state index contributed by atoms with van der Waals surface area (Å²) in [6, 6.07) is 13.9. The molecule has 0 aliphatic carbocycles. The summed E-state index contributed by atoms with van der Waals surface area (Å²) in [5, 5.41) is 2.88. The second-order valence-corrected chi connectivity index (χ2v) is 8.04. The predicted octanol–water partition coefficient (Wildman–Crippen LogP) is 3.29. The minimum atomic E-state index is -3.53. The Morgan fingerprint density at radius 1 is 1.08 bits per heavy atom. The van der Waals surface area contributed by atoms with E-state index in [9.17, 15) is 13.2 Å². The number of rotatable bonds is 5. The highest BCUT2D eigenvalue weighted by molar-refractivity contribution is 7.89. The molecule has 6 heteroatoms. The molecule has 1 N–H and O–H groups in total. The lowest BCUT2D eigenvalue weighted by Crippen LogP contribution is -2.28. The third-order valence-corrected chi connectivity index (χ3v) is 6.34. The van der Waals surface area contributed by atoms with Crippen LogP contribution in [0.3, 0.4) is 0 Å². The van der Waals surface area contributed by atoms with E-state index < -0.39 is 10.0 Å². The summed E-state index contributed by atoms with van der Waals surface area (Å²) in [6.45, 7) is 3.11. The van der Waals surface area contributed by atoms with E-state index in [4.69, 9.17) is 0 Å². The normalized spacial score (nSPS) is 15.2. The van der Waals surface area contributed by atoms with Gasteiger partial charge in [-0.25, -0.2) is 8.42 Å². The van der Waals surface area contributed by atoms with Crippen molar-refractivity contribution < 1.29 is 13.2 Å². The molecule has 1 aliphatic heterocycles. The maximum atomic E-state index is 12.7. The summed E-state index contributed by atoms with van der Waals surface area (Å²) in [6.07, 6.45) is 2.57. The van der Waals surface area contributed by atoms with Gasteiger partial charge in [0.1, 0.15) is 0 Å². The van der Waals surface area contributed by atoms with E-state index >= 15 is 0 Å². The van der Waals surface area contributed by atoms with Crippen LogP contribution < -0.4 is 5.32 Å². The van der Waals surface area contributed by atoms with Crippen molar-refractivity contribution in [3.05, 3.63) is 59.7 Å². The second kappa shape index (κ2) is 7.37. The number of sulfonamides is 1. The maximum absolute atomic E-state index is 12.7. The lowest BCUT2D eigenvalue weighted by atomic mass is 10.1. The summed E-state index contributed by atoms with van der Waals surface area (Å²) in [5.74, 6) is -0.306. The van der Waals surface area contributed by atoms with Gasteiger partial charge in [-0.15, -0.1) is 0 Å². The Labute approximate surface area is 148 Å². The Morgan fingerprint density at radius 2 is 1.80 bits per heavy atom. The van der Waals surface area contributed by atoms with Crippen molar-refractivity contribution in [2.75, 3.05) is 18.4 Å². The number of carbonyl (C=O) groups is 1. The first kappa shape index (κ1) is 17.6. The highest BCUT2D eigenvalue weighted by atomic mass is 32.2. The minimum absolute atomic E-state index is 0.172. The fourth-order valence-electron chi connectivity index (χ4n) is 3.02. The summed E-state index contributed by atoms with van der Waals surface area (Å²) in [4.78, 5) is 12.7. The number of aryl methyl sites for hydroxylation is 1. The van der Waals surface area contributed by atoms with Crippen LogP contribution in [-0.4, -0.2) is 31.7 Å². The highest BCUT2D eigenvalue weighted by Gasteiger charge is 2.27. The first-order chi connectivity index (χ1) is 12.0. The van der Waals surface area contributed by atoms with Crippen LogP contribution in [0.5, 0.6) is 0 Å². The number of hydrogen-bond acceptors (Lipinski definition) is 3. The molecule has 0 atom stereocenters. The molecule has 2 aromatic carbocycles. The van der Waals surface area contributed by atoms with Gasteiger partial charge in [-0.3, -0.25) is 4.79 Å². The van der Waals surface area contributed by atoms with Crippen molar-refractivity contribution in [1.82, 2.24) is 4.31 Å². The molecule has 1 heterocycles. The van der Waals surface area contributed by atoms with Gasteiger partial charge in [0.25, 0.3) is 5.91 Å². The van der Waals surface area contributed by atoms with Crippen molar-refractivity contribution in [2.45, 2.75) is 31.1 Å². The van der Waals surface area contributed by atoms with Gasteiger partial charge >= 0.3 is 0 Å². The largest absolute Gasteiger partial charge is 0.322 e. The molecule has 0 bridgehead atoms. The van der Waals surface area contributed by atoms with Gasteiger partial charge in [0.15, 0.2) is 0 Å². The zero-order valence-electron chi connectivity index (χ0n) is 14.2. The number of benzene rings is 2. The van der Waals surface area contributed by atoms with Crippen LogP contribution in [0, 0.1) is 0 Å². The van der Waals surface area contributed by atoms with E-state index in [0.29, 0.717) is 18.7 Å². The van der Waals surface area contributed by atoms with Gasteiger partial charge in [0, 0.05) is 24.3 Å². The lowest BCUT2D eigenvalue weighted by molar-refractivity contribution is 0.102. The van der Waals surface area contributed by atoms with Crippen LogP contribution in [0.4, 0.5) is 5.69 Å². The molecular formula is C19H22N2O3S. The molecule has 132 valence electrons. The summed E-state index contributed by atoms with van der Waals surface area (Å²) >= 11 is 0. The van der Waals surface area contributed by atoms with Crippen LogP contribution in [0.2, 0.25) is 0 Å². The molecule has 1 saturated heterocycles. The molecule has 5 nitrogen and oxygen atoms in total. The lowest BCUT2D eigenvalue weighted by Gasteiger charge is -2.16. The van der Waals surface area contributed by atoms with Crippen molar-refractivity contribution in [3.63, 3.8) is 0 Å². The third-order valence-electron chi connectivity index (χ3n) is 4.45. The van der Waals surface area contributed by atoms with Gasteiger partial charge in [-0.2, -0.15) is 4.31 Å². The molecule has 0 saturated carbocycles. The number of hydrogen-bond donors (Lipinski definition) is 1. The van der Waals surface area contributed by atoms with E-state index in [1.165, 1.54) is 10.4 Å². The molecule has 1 aliphatic rings. The van der Waals surface area contributed by atoms with Crippen LogP contribution in [0.15, 0.2) is 53.4 Å². The van der Waals surface area contributed by atoms with Gasteiger partial charge < -0.3 is 5.32 Å². The molecule has 2 aromatic rings. The number of amides is 1. The summed E-state index contributed by atoms with van der Waals surface area (Å²) < 4.78 is 26.8. The van der Waals surface area contributed by atoms with E-state index in [2.05, 4.69) is 5.32 Å². The van der Waals surface area contributed by atoms with Crippen molar-refractivity contribution in [2.24, 2.45) is 0 Å². The van der Waals surface area contributed by atoms with Crippen molar-refractivity contribution in [1.29, 1.82) is 0 Å². The van der Waals surface area contributed by atoms with Gasteiger partial charge in [-0.1, -0.05) is 31.2 Å². The average Bonchev–Trinajstić information content (AvgIpc) is 3.18. The predicted molar refractivity (Wildman–Crippen MR) is 98.2 cm³/mol. The van der Waals surface area contributed by atoms with E-state index in [1.54, 1.807) is 18.2 Å². The zero-order chi connectivity index (χ0) is 17.9. The van der Waals surface area contributed by atoms with Crippen molar-refractivity contribution >= 4 is 21.6 Å². The Morgan fingerprint density at radius 3 is 2.52 bits per heavy atom. The molecule has 1 amide bonds. The Hall–Kier alpha value is -2.18. The standard InChI is InChI=1S/C19H22N2O3S/c1-2-15-8-3-4-11-18(15)20-19(22)16-9-7-10-17(14-16)25(23,24)21-12-5-6-13-21/h3-4,7-11,14H,2,5-6,12-13H2,1H3,(H,20,22). The maximum Gasteiger partial charge on any atom is 0.255 e. The molecule has 0 unspecified atom stereocenters. The number of nitrogens with one attached hydrogen (secondary N) is 1. The Balaban J connectivity index is 1.85. The zero-order valence-corrected chi connectivity index (χ0v) is 15.1. The summed E-state index contributed by atoms with van der Waals surface area (Å²) in [7, 11) is -3.53. The Bertz CT molecular complexity index is 872. The summed E-state index contributed by atoms with van der Waals surface area (Å²) in [5.41, 5.74) is 2.13. The number of nitrogens with zero attached hydrogens (tertiary/aromatic N) is 1. The van der Waals surface area contributed by atoms with Crippen LogP contribution in [0.25, 0.3) is 0 Å². The molecule has 0 spiro atoms. The number of anilines is 1.